The Kier molecular flexibility index (Phi) is 2.55. The van der Waals surface area contributed by atoms with Gasteiger partial charge in [-0.05, 0) is 34.1 Å². The molecule has 1 saturated heterocycles. The van der Waals surface area contributed by atoms with Crippen molar-refractivity contribution in [3.05, 3.63) is 0 Å². The van der Waals surface area contributed by atoms with Crippen molar-refractivity contribution in [1.82, 2.24) is 4.90 Å². The first-order valence-electron chi connectivity index (χ1n) is 4.39. The van der Waals surface area contributed by atoms with Crippen molar-refractivity contribution in [1.29, 1.82) is 0 Å². The molecule has 0 aliphatic carbocycles. The van der Waals surface area contributed by atoms with E-state index in [4.69, 9.17) is 4.74 Å². The zero-order chi connectivity index (χ0) is 8.48. The summed E-state index contributed by atoms with van der Waals surface area (Å²) in [6, 6.07) is 0.617. The molecular formula is C9H19NO. The summed E-state index contributed by atoms with van der Waals surface area (Å²) in [5.74, 6) is 0. The van der Waals surface area contributed by atoms with Crippen molar-refractivity contribution in [2.75, 3.05) is 13.3 Å². The van der Waals surface area contributed by atoms with Gasteiger partial charge < -0.3 is 4.74 Å². The van der Waals surface area contributed by atoms with Crippen molar-refractivity contribution in [2.24, 2.45) is 0 Å². The SMILES string of the molecule is CC(C)N1CCC(C)(C)OC1. The lowest BCUT2D eigenvalue weighted by atomic mass is 10.0. The highest BCUT2D eigenvalue weighted by Crippen LogP contribution is 2.21. The maximum Gasteiger partial charge on any atom is 0.0999 e. The predicted octanol–water partition coefficient (Wildman–Crippen LogP) is 1.85. The molecule has 2 heteroatoms. The fraction of sp³-hybridized carbons (Fsp3) is 1.00. The van der Waals surface area contributed by atoms with Gasteiger partial charge in [-0.2, -0.15) is 0 Å². The molecule has 66 valence electrons. The van der Waals surface area contributed by atoms with Gasteiger partial charge >= 0.3 is 0 Å². The third-order valence-corrected chi connectivity index (χ3v) is 2.35. The molecule has 0 aromatic carbocycles. The van der Waals surface area contributed by atoms with Crippen molar-refractivity contribution in [3.8, 4) is 0 Å². The van der Waals surface area contributed by atoms with Gasteiger partial charge in [0.05, 0.1) is 12.3 Å². The molecule has 0 amide bonds. The minimum Gasteiger partial charge on any atom is -0.360 e. The summed E-state index contributed by atoms with van der Waals surface area (Å²) in [6.45, 7) is 10.7. The standard InChI is InChI=1S/C9H19NO/c1-8(2)10-6-5-9(3,4)11-7-10/h8H,5-7H2,1-4H3. The molecule has 0 N–H and O–H groups in total. The first-order chi connectivity index (χ1) is 5.01. The van der Waals surface area contributed by atoms with E-state index >= 15 is 0 Å². The molecule has 2 nitrogen and oxygen atoms in total. The Hall–Kier alpha value is -0.0800. The van der Waals surface area contributed by atoms with Gasteiger partial charge in [0, 0.05) is 12.6 Å². The van der Waals surface area contributed by atoms with E-state index in [9.17, 15) is 0 Å². The van der Waals surface area contributed by atoms with E-state index in [2.05, 4.69) is 32.6 Å². The molecule has 0 bridgehead atoms. The Morgan fingerprint density at radius 2 is 2.00 bits per heavy atom. The quantitative estimate of drug-likeness (QED) is 0.576. The van der Waals surface area contributed by atoms with E-state index in [1.165, 1.54) is 6.54 Å². The maximum atomic E-state index is 5.67. The fourth-order valence-electron chi connectivity index (χ4n) is 1.21. The van der Waals surface area contributed by atoms with Crippen LogP contribution in [-0.2, 0) is 4.74 Å². The minimum atomic E-state index is 0.103. The monoisotopic (exact) mass is 157 g/mol. The van der Waals surface area contributed by atoms with Crippen LogP contribution in [0.3, 0.4) is 0 Å². The van der Waals surface area contributed by atoms with Gasteiger partial charge in [-0.1, -0.05) is 0 Å². The summed E-state index contributed by atoms with van der Waals surface area (Å²) in [4.78, 5) is 2.35. The highest BCUT2D eigenvalue weighted by molar-refractivity contribution is 4.76. The van der Waals surface area contributed by atoms with E-state index in [0.717, 1.165) is 13.2 Å². The van der Waals surface area contributed by atoms with Gasteiger partial charge in [0.15, 0.2) is 0 Å². The Morgan fingerprint density at radius 3 is 2.36 bits per heavy atom. The molecule has 0 radical (unpaired) electrons. The summed E-state index contributed by atoms with van der Waals surface area (Å²) >= 11 is 0. The van der Waals surface area contributed by atoms with E-state index in [1.54, 1.807) is 0 Å². The van der Waals surface area contributed by atoms with Gasteiger partial charge in [-0.15, -0.1) is 0 Å². The first-order valence-corrected chi connectivity index (χ1v) is 4.39. The Balaban J connectivity index is 2.36. The zero-order valence-corrected chi connectivity index (χ0v) is 8.05. The Bertz CT molecular complexity index is 122. The summed E-state index contributed by atoms with van der Waals surface area (Å²) in [5.41, 5.74) is 0.103. The summed E-state index contributed by atoms with van der Waals surface area (Å²) < 4.78 is 5.67. The van der Waals surface area contributed by atoms with E-state index in [0.29, 0.717) is 6.04 Å². The third-order valence-electron chi connectivity index (χ3n) is 2.35. The van der Waals surface area contributed by atoms with Gasteiger partial charge in [0.1, 0.15) is 0 Å². The van der Waals surface area contributed by atoms with E-state index < -0.39 is 0 Å². The lowest BCUT2D eigenvalue weighted by Gasteiger charge is -2.39. The molecule has 1 fully saturated rings. The highest BCUT2D eigenvalue weighted by Gasteiger charge is 2.26. The number of ether oxygens (including phenoxy) is 1. The van der Waals surface area contributed by atoms with Crippen LogP contribution >= 0.6 is 0 Å². The van der Waals surface area contributed by atoms with Crippen LogP contribution in [0, 0.1) is 0 Å². The third kappa shape index (κ3) is 2.46. The number of hydrogen-bond donors (Lipinski definition) is 0. The molecule has 0 aromatic rings. The second-order valence-corrected chi connectivity index (χ2v) is 4.19. The Morgan fingerprint density at radius 1 is 1.36 bits per heavy atom. The largest absolute Gasteiger partial charge is 0.360 e. The van der Waals surface area contributed by atoms with Crippen LogP contribution in [0.2, 0.25) is 0 Å². The average Bonchev–Trinajstić information content (AvgIpc) is 1.86. The van der Waals surface area contributed by atoms with Crippen LogP contribution in [0.4, 0.5) is 0 Å². The Labute approximate surface area is 69.5 Å². The number of rotatable bonds is 1. The number of hydrogen-bond acceptors (Lipinski definition) is 2. The van der Waals surface area contributed by atoms with Crippen LogP contribution < -0.4 is 0 Å². The predicted molar refractivity (Wildman–Crippen MR) is 46.5 cm³/mol. The fourth-order valence-corrected chi connectivity index (χ4v) is 1.21. The smallest absolute Gasteiger partial charge is 0.0999 e. The minimum absolute atomic E-state index is 0.103. The maximum absolute atomic E-state index is 5.67. The van der Waals surface area contributed by atoms with Crippen LogP contribution in [-0.4, -0.2) is 29.8 Å². The topological polar surface area (TPSA) is 12.5 Å². The lowest BCUT2D eigenvalue weighted by molar-refractivity contribution is -0.127. The van der Waals surface area contributed by atoms with Crippen molar-refractivity contribution >= 4 is 0 Å². The molecule has 0 spiro atoms. The molecule has 0 saturated carbocycles. The highest BCUT2D eigenvalue weighted by atomic mass is 16.5. The van der Waals surface area contributed by atoms with Gasteiger partial charge in [0.25, 0.3) is 0 Å². The van der Waals surface area contributed by atoms with Crippen molar-refractivity contribution in [2.45, 2.75) is 45.8 Å². The van der Waals surface area contributed by atoms with Crippen molar-refractivity contribution < 1.29 is 4.74 Å². The normalized spacial score (nSPS) is 25.9. The van der Waals surface area contributed by atoms with Crippen LogP contribution in [0.25, 0.3) is 0 Å². The average molecular weight is 157 g/mol. The van der Waals surface area contributed by atoms with E-state index in [-0.39, 0.29) is 5.60 Å². The second kappa shape index (κ2) is 3.11. The number of nitrogens with zero attached hydrogens (tertiary/aromatic N) is 1. The molecule has 1 aliphatic heterocycles. The van der Waals surface area contributed by atoms with Crippen LogP contribution in [0.15, 0.2) is 0 Å². The van der Waals surface area contributed by atoms with Gasteiger partial charge in [0.2, 0.25) is 0 Å². The van der Waals surface area contributed by atoms with Crippen LogP contribution in [0.1, 0.15) is 34.1 Å². The molecule has 1 aliphatic rings. The molecule has 0 unspecified atom stereocenters. The lowest BCUT2D eigenvalue weighted by Crippen LogP contribution is -2.45. The summed E-state index contributed by atoms with van der Waals surface area (Å²) in [5, 5.41) is 0. The van der Waals surface area contributed by atoms with Gasteiger partial charge in [-0.25, -0.2) is 0 Å². The van der Waals surface area contributed by atoms with E-state index in [1.807, 2.05) is 0 Å². The molecule has 11 heavy (non-hydrogen) atoms. The zero-order valence-electron chi connectivity index (χ0n) is 8.05. The van der Waals surface area contributed by atoms with Crippen LogP contribution in [0.5, 0.6) is 0 Å². The molecule has 0 atom stereocenters. The first kappa shape index (κ1) is 9.01. The summed E-state index contributed by atoms with van der Waals surface area (Å²) in [6.07, 6.45) is 1.14. The van der Waals surface area contributed by atoms with Crippen molar-refractivity contribution in [3.63, 3.8) is 0 Å². The second-order valence-electron chi connectivity index (χ2n) is 4.19. The molecule has 1 heterocycles. The van der Waals surface area contributed by atoms with Gasteiger partial charge in [-0.3, -0.25) is 4.90 Å². The molecule has 1 rings (SSSR count). The molecule has 0 aromatic heterocycles. The summed E-state index contributed by atoms with van der Waals surface area (Å²) in [7, 11) is 0. The molecular weight excluding hydrogens is 138 g/mol.